The molecule has 1 aliphatic rings. The van der Waals surface area contributed by atoms with Crippen LogP contribution in [0.2, 0.25) is 5.02 Å². The largest absolute Gasteiger partial charge is 0.351 e. The van der Waals surface area contributed by atoms with E-state index in [4.69, 9.17) is 11.6 Å². The lowest BCUT2D eigenvalue weighted by atomic mass is 10.0. The van der Waals surface area contributed by atoms with Crippen LogP contribution in [-0.4, -0.2) is 46.7 Å². The molecule has 35 heavy (non-hydrogen) atoms. The van der Waals surface area contributed by atoms with E-state index in [2.05, 4.69) is 22.0 Å². The molecule has 0 radical (unpaired) electrons. The highest BCUT2D eigenvalue weighted by molar-refractivity contribution is 6.30. The van der Waals surface area contributed by atoms with Gasteiger partial charge in [-0.15, -0.1) is 22.6 Å². The average Bonchev–Trinajstić information content (AvgIpc) is 2.85. The van der Waals surface area contributed by atoms with Gasteiger partial charge in [-0.05, 0) is 48.9 Å². The van der Waals surface area contributed by atoms with E-state index in [0.717, 1.165) is 33.4 Å². The lowest BCUT2D eigenvalue weighted by Crippen LogP contribution is -2.54. The first kappa shape index (κ1) is 24.9. The summed E-state index contributed by atoms with van der Waals surface area (Å²) in [5.41, 5.74) is 2.50. The van der Waals surface area contributed by atoms with Gasteiger partial charge in [0.05, 0.1) is 6.42 Å². The smallest absolute Gasteiger partial charge is 0.227 e. The van der Waals surface area contributed by atoms with Gasteiger partial charge in [0, 0.05) is 47.0 Å². The summed E-state index contributed by atoms with van der Waals surface area (Å²) < 4.78 is 13.4. The zero-order valence-electron chi connectivity index (χ0n) is 19.2. The number of carbonyl (C=O) groups excluding carboxylic acids is 1. The van der Waals surface area contributed by atoms with Gasteiger partial charge in [-0.3, -0.25) is 4.79 Å². The topological polar surface area (TPSA) is 49.3 Å². The van der Waals surface area contributed by atoms with E-state index < -0.39 is 0 Å². The van der Waals surface area contributed by atoms with Crippen LogP contribution in [0.25, 0.3) is 22.0 Å². The van der Waals surface area contributed by atoms with Crippen LogP contribution in [0.1, 0.15) is 12.5 Å². The Morgan fingerprint density at radius 1 is 0.971 bits per heavy atom. The molecule has 0 saturated carbocycles. The van der Waals surface area contributed by atoms with Gasteiger partial charge in [0.1, 0.15) is 11.5 Å². The van der Waals surface area contributed by atoms with E-state index in [1.165, 1.54) is 12.1 Å². The number of carbonyl (C=O) groups is 1. The molecule has 5 nitrogen and oxygen atoms in total. The maximum absolute atomic E-state index is 13.4. The second kappa shape index (κ2) is 10.6. The quantitative estimate of drug-likeness (QED) is 0.348. The van der Waals surface area contributed by atoms with Gasteiger partial charge >= 0.3 is 0 Å². The minimum atomic E-state index is -0.282. The molecule has 0 bridgehead atoms. The molecule has 2 heterocycles. The number of rotatable bonds is 4. The average molecular weight is 511 g/mol. The Balaban J connectivity index is 0.00000289. The molecule has 1 fully saturated rings. The number of hydrogen-bond donors (Lipinski definition) is 0. The van der Waals surface area contributed by atoms with Gasteiger partial charge < -0.3 is 9.80 Å². The Morgan fingerprint density at radius 3 is 2.34 bits per heavy atom. The number of hydrogen-bond acceptors (Lipinski definition) is 4. The van der Waals surface area contributed by atoms with Crippen LogP contribution in [0.3, 0.4) is 0 Å². The van der Waals surface area contributed by atoms with Crippen molar-refractivity contribution in [2.45, 2.75) is 19.4 Å². The van der Waals surface area contributed by atoms with Crippen molar-refractivity contribution in [1.82, 2.24) is 15.1 Å². The lowest BCUT2D eigenvalue weighted by molar-refractivity contribution is -0.132. The summed E-state index contributed by atoms with van der Waals surface area (Å²) in [5, 5.41) is 11.7. The molecule has 0 N–H and O–H groups in total. The Labute approximate surface area is 214 Å². The predicted octanol–water partition coefficient (Wildman–Crippen LogP) is 5.79. The molecule has 0 spiro atoms. The monoisotopic (exact) mass is 510 g/mol. The SMILES string of the molecule is C[C@H]1CN(c2nnc(-c3ccc(F)cc3)c3ccccc23)CCN1C(=O)Cc1ccc(Cl)cc1.Cl. The number of benzene rings is 3. The third kappa shape index (κ3) is 5.24. The molecule has 1 aliphatic heterocycles. The van der Waals surface area contributed by atoms with E-state index >= 15 is 0 Å². The summed E-state index contributed by atoms with van der Waals surface area (Å²) in [5.74, 6) is 0.630. The molecule has 0 unspecified atom stereocenters. The maximum Gasteiger partial charge on any atom is 0.227 e. The fraction of sp³-hybridized carbons (Fsp3) is 0.222. The van der Waals surface area contributed by atoms with E-state index in [1.54, 1.807) is 12.1 Å². The summed E-state index contributed by atoms with van der Waals surface area (Å²) in [6.07, 6.45) is 0.358. The number of aromatic nitrogens is 2. The number of fused-ring (bicyclic) bond motifs is 1. The molecule has 8 heteroatoms. The summed E-state index contributed by atoms with van der Waals surface area (Å²) in [6.45, 7) is 4.02. The van der Waals surface area contributed by atoms with Gasteiger partial charge in [-0.2, -0.15) is 0 Å². The minimum Gasteiger partial charge on any atom is -0.351 e. The van der Waals surface area contributed by atoms with Crippen molar-refractivity contribution in [2.75, 3.05) is 24.5 Å². The van der Waals surface area contributed by atoms with Crippen LogP contribution in [0.4, 0.5) is 10.2 Å². The van der Waals surface area contributed by atoms with Crippen LogP contribution in [-0.2, 0) is 11.2 Å². The second-order valence-corrected chi connectivity index (χ2v) is 9.05. The van der Waals surface area contributed by atoms with Gasteiger partial charge in [0.2, 0.25) is 5.91 Å². The van der Waals surface area contributed by atoms with Crippen molar-refractivity contribution >= 4 is 46.5 Å². The van der Waals surface area contributed by atoms with Crippen molar-refractivity contribution in [1.29, 1.82) is 0 Å². The molecule has 180 valence electrons. The van der Waals surface area contributed by atoms with Crippen molar-refractivity contribution in [2.24, 2.45) is 0 Å². The maximum atomic E-state index is 13.4. The van der Waals surface area contributed by atoms with Crippen molar-refractivity contribution in [3.63, 3.8) is 0 Å². The molecule has 1 atom stereocenters. The van der Waals surface area contributed by atoms with Gasteiger partial charge in [0.15, 0.2) is 5.82 Å². The number of piperazine rings is 1. The Bertz CT molecular complexity index is 1330. The van der Waals surface area contributed by atoms with Gasteiger partial charge in [-0.1, -0.05) is 48.0 Å². The fourth-order valence-corrected chi connectivity index (χ4v) is 4.67. The minimum absolute atomic E-state index is 0. The first-order valence-electron chi connectivity index (χ1n) is 11.3. The molecule has 5 rings (SSSR count). The summed E-state index contributed by atoms with van der Waals surface area (Å²) >= 11 is 5.96. The van der Waals surface area contributed by atoms with Crippen molar-refractivity contribution in [3.8, 4) is 11.3 Å². The van der Waals surface area contributed by atoms with E-state index in [-0.39, 0.29) is 30.2 Å². The second-order valence-electron chi connectivity index (χ2n) is 8.61. The van der Waals surface area contributed by atoms with Gasteiger partial charge in [-0.25, -0.2) is 4.39 Å². The molecule has 1 aromatic heterocycles. The zero-order valence-corrected chi connectivity index (χ0v) is 20.8. The molecular weight excluding hydrogens is 486 g/mol. The Morgan fingerprint density at radius 2 is 1.66 bits per heavy atom. The highest BCUT2D eigenvalue weighted by Gasteiger charge is 2.29. The zero-order chi connectivity index (χ0) is 23.7. The Hall–Kier alpha value is -3.22. The number of nitrogens with zero attached hydrogens (tertiary/aromatic N) is 4. The van der Waals surface area contributed by atoms with E-state index in [9.17, 15) is 9.18 Å². The summed E-state index contributed by atoms with van der Waals surface area (Å²) in [6, 6.07) is 21.8. The highest BCUT2D eigenvalue weighted by Crippen LogP contribution is 2.32. The summed E-state index contributed by atoms with van der Waals surface area (Å²) in [4.78, 5) is 17.1. The van der Waals surface area contributed by atoms with Crippen LogP contribution in [0, 0.1) is 5.82 Å². The first-order valence-corrected chi connectivity index (χ1v) is 11.7. The highest BCUT2D eigenvalue weighted by atomic mass is 35.5. The molecule has 1 amide bonds. The molecule has 0 aliphatic carbocycles. The third-order valence-electron chi connectivity index (χ3n) is 6.30. The third-order valence-corrected chi connectivity index (χ3v) is 6.55. The van der Waals surface area contributed by atoms with E-state index in [1.807, 2.05) is 53.4 Å². The molecular formula is C27H25Cl2FN4O. The van der Waals surface area contributed by atoms with Crippen LogP contribution in [0.15, 0.2) is 72.8 Å². The number of halogens is 3. The summed E-state index contributed by atoms with van der Waals surface area (Å²) in [7, 11) is 0. The van der Waals surface area contributed by atoms with Crippen LogP contribution in [0.5, 0.6) is 0 Å². The molecule has 3 aromatic carbocycles. The predicted molar refractivity (Wildman–Crippen MR) is 141 cm³/mol. The van der Waals surface area contributed by atoms with Crippen molar-refractivity contribution in [3.05, 3.63) is 89.2 Å². The van der Waals surface area contributed by atoms with Gasteiger partial charge in [0.25, 0.3) is 0 Å². The lowest BCUT2D eigenvalue weighted by Gasteiger charge is -2.40. The molecule has 1 saturated heterocycles. The van der Waals surface area contributed by atoms with Crippen LogP contribution < -0.4 is 4.90 Å². The number of anilines is 1. The fourth-order valence-electron chi connectivity index (χ4n) is 4.54. The van der Waals surface area contributed by atoms with E-state index in [0.29, 0.717) is 31.1 Å². The normalized spacial score (nSPS) is 15.7. The standard InChI is InChI=1S/C27H24ClFN4O.ClH/c1-18-17-32(14-15-33(18)25(34)16-19-6-10-21(28)11-7-19)27-24-5-3-2-4-23(24)26(30-31-27)20-8-12-22(29)13-9-20;/h2-13,18H,14-17H2,1H3;1H/t18-;/m0./s1. The number of amides is 1. The van der Waals surface area contributed by atoms with Crippen LogP contribution >= 0.6 is 24.0 Å². The van der Waals surface area contributed by atoms with Crippen molar-refractivity contribution < 1.29 is 9.18 Å². The first-order chi connectivity index (χ1) is 16.5. The Kier molecular flexibility index (Phi) is 7.53. The molecule has 4 aromatic rings.